The number of hydrogen-bond acceptors (Lipinski definition) is 5. The average molecular weight is 257 g/mol. The second-order valence-corrected chi connectivity index (χ2v) is 5.95. The number of nitrogen functional groups attached to an aromatic ring is 1. The molecule has 1 aromatic carbocycles. The maximum atomic E-state index is 11.9. The van der Waals surface area contributed by atoms with Crippen LogP contribution in [0.25, 0.3) is 10.2 Å². The summed E-state index contributed by atoms with van der Waals surface area (Å²) in [5.41, 5.74) is 6.00. The fourth-order valence-electron chi connectivity index (χ4n) is 1.43. The first-order valence-electron chi connectivity index (χ1n) is 4.69. The Morgan fingerprint density at radius 2 is 2.25 bits per heavy atom. The SMILES string of the molecule is CCNS(=O)(=O)c1cccc2sc(N)nc12. The summed E-state index contributed by atoms with van der Waals surface area (Å²) in [6, 6.07) is 5.01. The molecule has 5 nitrogen and oxygen atoms in total. The first-order valence-corrected chi connectivity index (χ1v) is 6.99. The van der Waals surface area contributed by atoms with E-state index in [1.807, 2.05) is 0 Å². The fourth-order valence-corrected chi connectivity index (χ4v) is 3.45. The summed E-state index contributed by atoms with van der Waals surface area (Å²) in [6.07, 6.45) is 0. The van der Waals surface area contributed by atoms with E-state index >= 15 is 0 Å². The van der Waals surface area contributed by atoms with Gasteiger partial charge >= 0.3 is 0 Å². The number of anilines is 1. The topological polar surface area (TPSA) is 85.1 Å². The molecule has 2 rings (SSSR count). The molecule has 0 saturated carbocycles. The van der Waals surface area contributed by atoms with Gasteiger partial charge in [0, 0.05) is 6.54 Å². The molecule has 0 saturated heterocycles. The number of hydrogen-bond donors (Lipinski definition) is 2. The molecule has 0 aliphatic rings. The minimum absolute atomic E-state index is 0.180. The van der Waals surface area contributed by atoms with Crippen LogP contribution in [0.3, 0.4) is 0 Å². The highest BCUT2D eigenvalue weighted by molar-refractivity contribution is 7.89. The van der Waals surface area contributed by atoms with E-state index in [1.54, 1.807) is 19.1 Å². The highest BCUT2D eigenvalue weighted by Gasteiger charge is 2.18. The van der Waals surface area contributed by atoms with Gasteiger partial charge in [-0.15, -0.1) is 0 Å². The first-order chi connectivity index (χ1) is 7.54. The van der Waals surface area contributed by atoms with E-state index < -0.39 is 10.0 Å². The van der Waals surface area contributed by atoms with E-state index in [1.165, 1.54) is 17.4 Å². The molecule has 0 bridgehead atoms. The van der Waals surface area contributed by atoms with Gasteiger partial charge < -0.3 is 5.73 Å². The quantitative estimate of drug-likeness (QED) is 0.864. The number of para-hydroxylation sites is 1. The lowest BCUT2D eigenvalue weighted by Gasteiger charge is -2.04. The lowest BCUT2D eigenvalue weighted by atomic mass is 10.3. The van der Waals surface area contributed by atoms with Crippen LogP contribution in [-0.2, 0) is 10.0 Å². The van der Waals surface area contributed by atoms with Crippen LogP contribution >= 0.6 is 11.3 Å². The largest absolute Gasteiger partial charge is 0.375 e. The van der Waals surface area contributed by atoms with Crippen molar-refractivity contribution in [2.75, 3.05) is 12.3 Å². The lowest BCUT2D eigenvalue weighted by Crippen LogP contribution is -2.23. The van der Waals surface area contributed by atoms with Crippen LogP contribution in [0.4, 0.5) is 5.13 Å². The number of thiazole rings is 1. The van der Waals surface area contributed by atoms with E-state index in [9.17, 15) is 8.42 Å². The Morgan fingerprint density at radius 1 is 1.50 bits per heavy atom. The van der Waals surface area contributed by atoms with E-state index in [-0.39, 0.29) is 4.90 Å². The fraction of sp³-hybridized carbons (Fsp3) is 0.222. The molecule has 1 aromatic heterocycles. The molecule has 7 heteroatoms. The summed E-state index contributed by atoms with van der Waals surface area (Å²) < 4.78 is 26.9. The van der Waals surface area contributed by atoms with Crippen LogP contribution < -0.4 is 10.5 Å². The lowest BCUT2D eigenvalue weighted by molar-refractivity contribution is 0.584. The maximum absolute atomic E-state index is 11.9. The smallest absolute Gasteiger partial charge is 0.242 e. The molecule has 2 aromatic rings. The number of rotatable bonds is 3. The van der Waals surface area contributed by atoms with E-state index in [4.69, 9.17) is 5.73 Å². The highest BCUT2D eigenvalue weighted by Crippen LogP contribution is 2.28. The molecule has 0 amide bonds. The van der Waals surface area contributed by atoms with E-state index in [2.05, 4.69) is 9.71 Å². The predicted molar refractivity (Wildman–Crippen MR) is 64.9 cm³/mol. The summed E-state index contributed by atoms with van der Waals surface area (Å²) in [5.74, 6) is 0. The van der Waals surface area contributed by atoms with Gasteiger partial charge in [0.2, 0.25) is 10.0 Å². The molecule has 0 unspecified atom stereocenters. The number of nitrogens with one attached hydrogen (secondary N) is 1. The normalized spacial score (nSPS) is 12.1. The van der Waals surface area contributed by atoms with Gasteiger partial charge in [0.25, 0.3) is 0 Å². The zero-order valence-corrected chi connectivity index (χ0v) is 10.2. The molecular weight excluding hydrogens is 246 g/mol. The van der Waals surface area contributed by atoms with Gasteiger partial charge in [-0.2, -0.15) is 0 Å². The van der Waals surface area contributed by atoms with Crippen LogP contribution in [-0.4, -0.2) is 19.9 Å². The molecular formula is C9H11N3O2S2. The van der Waals surface area contributed by atoms with Crippen LogP contribution in [0.1, 0.15) is 6.92 Å². The van der Waals surface area contributed by atoms with Gasteiger partial charge in [0.05, 0.1) is 4.70 Å². The number of sulfonamides is 1. The van der Waals surface area contributed by atoms with Crippen LogP contribution in [0, 0.1) is 0 Å². The van der Waals surface area contributed by atoms with E-state index in [0.29, 0.717) is 17.2 Å². The molecule has 86 valence electrons. The molecule has 16 heavy (non-hydrogen) atoms. The van der Waals surface area contributed by atoms with Crippen molar-refractivity contribution < 1.29 is 8.42 Å². The van der Waals surface area contributed by atoms with Crippen molar-refractivity contribution in [2.24, 2.45) is 0 Å². The molecule has 0 aliphatic carbocycles. The van der Waals surface area contributed by atoms with Gasteiger partial charge in [-0.05, 0) is 12.1 Å². The van der Waals surface area contributed by atoms with Crippen molar-refractivity contribution >= 4 is 36.7 Å². The van der Waals surface area contributed by atoms with Gasteiger partial charge in [-0.25, -0.2) is 18.1 Å². The predicted octanol–water partition coefficient (Wildman–Crippen LogP) is 1.18. The van der Waals surface area contributed by atoms with Crippen molar-refractivity contribution in [2.45, 2.75) is 11.8 Å². The Morgan fingerprint density at radius 3 is 2.94 bits per heavy atom. The molecule has 0 radical (unpaired) electrons. The van der Waals surface area contributed by atoms with Crippen LogP contribution in [0.15, 0.2) is 23.1 Å². The van der Waals surface area contributed by atoms with Crippen molar-refractivity contribution in [3.05, 3.63) is 18.2 Å². The van der Waals surface area contributed by atoms with Crippen molar-refractivity contribution in [1.29, 1.82) is 0 Å². The Labute approximate surface area is 97.4 Å². The van der Waals surface area contributed by atoms with Gasteiger partial charge in [-0.1, -0.05) is 24.3 Å². The number of benzene rings is 1. The Balaban J connectivity index is 2.69. The molecule has 0 fully saturated rings. The third kappa shape index (κ3) is 1.89. The first kappa shape index (κ1) is 11.3. The number of aromatic nitrogens is 1. The third-order valence-corrected chi connectivity index (χ3v) is 4.45. The van der Waals surface area contributed by atoms with Crippen LogP contribution in [0.5, 0.6) is 0 Å². The second kappa shape index (κ2) is 4.00. The minimum Gasteiger partial charge on any atom is -0.375 e. The molecule has 1 heterocycles. The molecule has 3 N–H and O–H groups in total. The Kier molecular flexibility index (Phi) is 2.83. The van der Waals surface area contributed by atoms with Crippen LogP contribution in [0.2, 0.25) is 0 Å². The van der Waals surface area contributed by atoms with Gasteiger partial charge in [0.15, 0.2) is 5.13 Å². The molecule has 0 aliphatic heterocycles. The number of nitrogens with zero attached hydrogens (tertiary/aromatic N) is 1. The van der Waals surface area contributed by atoms with Crippen molar-refractivity contribution in [1.82, 2.24) is 9.71 Å². The van der Waals surface area contributed by atoms with Crippen molar-refractivity contribution in [3.63, 3.8) is 0 Å². The number of nitrogens with two attached hydrogens (primary N) is 1. The van der Waals surface area contributed by atoms with Gasteiger partial charge in [0.1, 0.15) is 10.4 Å². The standard InChI is InChI=1S/C9H11N3O2S2/c1-2-11-16(13,14)7-5-3-4-6-8(7)12-9(10)15-6/h3-5,11H,2H2,1H3,(H2,10,12). The Bertz CT molecular complexity index is 619. The molecule has 0 atom stereocenters. The zero-order valence-electron chi connectivity index (χ0n) is 8.60. The maximum Gasteiger partial charge on any atom is 0.242 e. The van der Waals surface area contributed by atoms with E-state index in [0.717, 1.165) is 4.70 Å². The summed E-state index contributed by atoms with van der Waals surface area (Å²) in [4.78, 5) is 4.22. The second-order valence-electron chi connectivity index (χ2n) is 3.16. The highest BCUT2D eigenvalue weighted by atomic mass is 32.2. The average Bonchev–Trinajstić information content (AvgIpc) is 2.56. The Hall–Kier alpha value is -1.18. The van der Waals surface area contributed by atoms with Crippen molar-refractivity contribution in [3.8, 4) is 0 Å². The monoisotopic (exact) mass is 257 g/mol. The summed E-state index contributed by atoms with van der Waals surface area (Å²) in [6.45, 7) is 2.07. The summed E-state index contributed by atoms with van der Waals surface area (Å²) in [5, 5.41) is 0.370. The summed E-state index contributed by atoms with van der Waals surface area (Å²) >= 11 is 1.27. The molecule has 0 spiro atoms. The number of fused-ring (bicyclic) bond motifs is 1. The van der Waals surface area contributed by atoms with Gasteiger partial charge in [-0.3, -0.25) is 0 Å². The summed E-state index contributed by atoms with van der Waals surface area (Å²) in [7, 11) is -3.48. The minimum atomic E-state index is -3.48. The third-order valence-electron chi connectivity index (χ3n) is 2.02. The zero-order chi connectivity index (χ0) is 11.8.